The van der Waals surface area contributed by atoms with Gasteiger partial charge in [-0.2, -0.15) is 0 Å². The first kappa shape index (κ1) is 17.8. The van der Waals surface area contributed by atoms with Gasteiger partial charge in [-0.15, -0.1) is 16.8 Å². The normalized spacial score (nSPS) is 12.5. The van der Waals surface area contributed by atoms with E-state index in [1.54, 1.807) is 22.4 Å². The van der Waals surface area contributed by atoms with Gasteiger partial charge in [0.1, 0.15) is 0 Å². The maximum atomic E-state index is 12.8. The average molecular weight is 397 g/mol. The van der Waals surface area contributed by atoms with Gasteiger partial charge in [-0.1, -0.05) is 59.8 Å². The van der Waals surface area contributed by atoms with Gasteiger partial charge in [0.25, 0.3) is 5.56 Å². The summed E-state index contributed by atoms with van der Waals surface area (Å²) in [7, 11) is 0. The van der Waals surface area contributed by atoms with Crippen molar-refractivity contribution in [2.45, 2.75) is 23.9 Å². The Morgan fingerprint density at radius 1 is 1.19 bits per heavy atom. The SMILES string of the molecule is C=CCn1c(=O)c2ccccc2n2c(S[C@H](C)c3ccccc3Cl)nnc12. The molecule has 7 heteroatoms. The zero-order valence-corrected chi connectivity index (χ0v) is 16.2. The molecule has 27 heavy (non-hydrogen) atoms. The van der Waals surface area contributed by atoms with Crippen LogP contribution in [0.15, 0.2) is 71.1 Å². The molecule has 2 heterocycles. The highest BCUT2D eigenvalue weighted by molar-refractivity contribution is 7.99. The smallest absolute Gasteiger partial charge is 0.263 e. The molecule has 0 spiro atoms. The highest BCUT2D eigenvalue weighted by Gasteiger charge is 2.19. The third-order valence-electron chi connectivity index (χ3n) is 4.42. The summed E-state index contributed by atoms with van der Waals surface area (Å²) in [5.41, 5.74) is 1.72. The summed E-state index contributed by atoms with van der Waals surface area (Å²) in [6, 6.07) is 15.3. The molecule has 4 rings (SSSR count). The second-order valence-corrected chi connectivity index (χ2v) is 7.84. The summed E-state index contributed by atoms with van der Waals surface area (Å²) < 4.78 is 3.52. The zero-order valence-electron chi connectivity index (χ0n) is 14.7. The Labute approximate surface area is 165 Å². The van der Waals surface area contributed by atoms with Gasteiger partial charge in [0.15, 0.2) is 5.16 Å². The predicted octanol–water partition coefficient (Wildman–Crippen LogP) is 4.74. The van der Waals surface area contributed by atoms with Crippen molar-refractivity contribution in [2.75, 3.05) is 0 Å². The Kier molecular flexibility index (Phi) is 4.76. The number of fused-ring (bicyclic) bond motifs is 3. The number of rotatable bonds is 5. The van der Waals surface area contributed by atoms with E-state index in [0.29, 0.717) is 22.9 Å². The van der Waals surface area contributed by atoms with Crippen LogP contribution in [0.25, 0.3) is 16.7 Å². The molecule has 0 radical (unpaired) electrons. The van der Waals surface area contributed by atoms with E-state index in [4.69, 9.17) is 11.6 Å². The number of aromatic nitrogens is 4. The first-order valence-electron chi connectivity index (χ1n) is 8.50. The standard InChI is InChI=1S/C20H17ClN4OS/c1-3-12-24-18(26)15-9-5-7-11-17(15)25-19(24)22-23-20(25)27-13(2)14-8-4-6-10-16(14)21/h3-11,13H,1,12H2,2H3/t13-/m1/s1. The summed E-state index contributed by atoms with van der Waals surface area (Å²) in [5.74, 6) is 0.507. The molecular weight excluding hydrogens is 380 g/mol. The van der Waals surface area contributed by atoms with Crippen LogP contribution in [-0.2, 0) is 6.54 Å². The quantitative estimate of drug-likeness (QED) is 0.361. The van der Waals surface area contributed by atoms with E-state index in [0.717, 1.165) is 16.1 Å². The summed E-state index contributed by atoms with van der Waals surface area (Å²) in [4.78, 5) is 12.8. The van der Waals surface area contributed by atoms with Crippen molar-refractivity contribution in [1.82, 2.24) is 19.2 Å². The minimum Gasteiger partial charge on any atom is -0.272 e. The van der Waals surface area contributed by atoms with Crippen LogP contribution in [0.3, 0.4) is 0 Å². The van der Waals surface area contributed by atoms with Crippen molar-refractivity contribution in [1.29, 1.82) is 0 Å². The third kappa shape index (κ3) is 3.05. The molecule has 0 saturated carbocycles. The fraction of sp³-hybridized carbons (Fsp3) is 0.150. The minimum absolute atomic E-state index is 0.0737. The molecule has 0 bridgehead atoms. The molecule has 1 atom stereocenters. The Hall–Kier alpha value is -2.57. The van der Waals surface area contributed by atoms with E-state index < -0.39 is 0 Å². The lowest BCUT2D eigenvalue weighted by molar-refractivity contribution is 0.783. The van der Waals surface area contributed by atoms with Crippen molar-refractivity contribution < 1.29 is 0 Å². The molecular formula is C20H17ClN4OS. The lowest BCUT2D eigenvalue weighted by atomic mass is 10.2. The number of nitrogens with zero attached hydrogens (tertiary/aromatic N) is 4. The van der Waals surface area contributed by atoms with Gasteiger partial charge in [-0.25, -0.2) is 0 Å². The summed E-state index contributed by atoms with van der Waals surface area (Å²) in [6.07, 6.45) is 1.68. The largest absolute Gasteiger partial charge is 0.272 e. The molecule has 0 amide bonds. The average Bonchev–Trinajstić information content (AvgIpc) is 3.09. The molecule has 0 aliphatic carbocycles. The summed E-state index contributed by atoms with van der Waals surface area (Å²) in [5, 5.41) is 10.8. The van der Waals surface area contributed by atoms with Gasteiger partial charge in [0.2, 0.25) is 5.78 Å². The van der Waals surface area contributed by atoms with Crippen LogP contribution >= 0.6 is 23.4 Å². The number of benzene rings is 2. The zero-order chi connectivity index (χ0) is 19.0. The molecule has 0 aliphatic rings. The fourth-order valence-electron chi connectivity index (χ4n) is 3.13. The molecule has 2 aromatic carbocycles. The van der Waals surface area contributed by atoms with Crippen LogP contribution in [0.2, 0.25) is 5.02 Å². The van der Waals surface area contributed by atoms with Crippen LogP contribution in [0.1, 0.15) is 17.7 Å². The number of thioether (sulfide) groups is 1. The number of hydrogen-bond acceptors (Lipinski definition) is 4. The number of halogens is 1. The van der Waals surface area contributed by atoms with Gasteiger partial charge in [-0.05, 0) is 30.7 Å². The first-order chi connectivity index (χ1) is 13.1. The molecule has 136 valence electrons. The third-order valence-corrected chi connectivity index (χ3v) is 5.84. The molecule has 5 nitrogen and oxygen atoms in total. The second kappa shape index (κ2) is 7.21. The molecule has 0 saturated heterocycles. The van der Waals surface area contributed by atoms with Crippen molar-refractivity contribution >= 4 is 40.0 Å². The molecule has 4 aromatic rings. The van der Waals surface area contributed by atoms with Crippen LogP contribution < -0.4 is 5.56 Å². The topological polar surface area (TPSA) is 52.2 Å². The van der Waals surface area contributed by atoms with Gasteiger partial charge in [0, 0.05) is 16.8 Å². The minimum atomic E-state index is -0.0962. The van der Waals surface area contributed by atoms with E-state index in [9.17, 15) is 4.79 Å². The lowest BCUT2D eigenvalue weighted by Gasteiger charge is -2.13. The van der Waals surface area contributed by atoms with E-state index >= 15 is 0 Å². The van der Waals surface area contributed by atoms with Crippen LogP contribution in [0, 0.1) is 0 Å². The predicted molar refractivity (Wildman–Crippen MR) is 111 cm³/mol. The van der Waals surface area contributed by atoms with E-state index in [-0.39, 0.29) is 10.8 Å². The van der Waals surface area contributed by atoms with Gasteiger partial charge >= 0.3 is 0 Å². The van der Waals surface area contributed by atoms with Crippen molar-refractivity contribution in [3.05, 3.63) is 82.1 Å². The summed E-state index contributed by atoms with van der Waals surface area (Å²) >= 11 is 7.91. The van der Waals surface area contributed by atoms with Gasteiger partial charge in [-0.3, -0.25) is 13.8 Å². The van der Waals surface area contributed by atoms with Gasteiger partial charge in [0.05, 0.1) is 10.9 Å². The first-order valence-corrected chi connectivity index (χ1v) is 9.76. The van der Waals surface area contributed by atoms with E-state index in [1.807, 2.05) is 52.9 Å². The van der Waals surface area contributed by atoms with Gasteiger partial charge < -0.3 is 0 Å². The highest BCUT2D eigenvalue weighted by Crippen LogP contribution is 2.37. The Morgan fingerprint density at radius 3 is 2.70 bits per heavy atom. The summed E-state index contributed by atoms with van der Waals surface area (Å²) in [6.45, 7) is 6.20. The van der Waals surface area contributed by atoms with Crippen molar-refractivity contribution in [3.63, 3.8) is 0 Å². The number of hydrogen-bond donors (Lipinski definition) is 0. The molecule has 0 fully saturated rings. The Balaban J connectivity index is 1.91. The van der Waals surface area contributed by atoms with Crippen molar-refractivity contribution in [3.8, 4) is 0 Å². The molecule has 2 aromatic heterocycles. The fourth-order valence-corrected chi connectivity index (χ4v) is 4.52. The lowest BCUT2D eigenvalue weighted by Crippen LogP contribution is -2.22. The Bertz CT molecular complexity index is 1210. The number of para-hydroxylation sites is 1. The van der Waals surface area contributed by atoms with E-state index in [1.165, 1.54) is 0 Å². The highest BCUT2D eigenvalue weighted by atomic mass is 35.5. The molecule has 0 aliphatic heterocycles. The van der Waals surface area contributed by atoms with Crippen molar-refractivity contribution in [2.24, 2.45) is 0 Å². The maximum absolute atomic E-state index is 12.8. The number of allylic oxidation sites excluding steroid dienone is 1. The van der Waals surface area contributed by atoms with E-state index in [2.05, 4.69) is 23.7 Å². The molecule has 0 N–H and O–H groups in total. The van der Waals surface area contributed by atoms with Crippen LogP contribution in [0.4, 0.5) is 0 Å². The monoisotopic (exact) mass is 396 g/mol. The van der Waals surface area contributed by atoms with Crippen LogP contribution in [-0.4, -0.2) is 19.2 Å². The Morgan fingerprint density at radius 2 is 1.93 bits per heavy atom. The van der Waals surface area contributed by atoms with Crippen LogP contribution in [0.5, 0.6) is 0 Å². The second-order valence-electron chi connectivity index (χ2n) is 6.12. The molecule has 0 unspecified atom stereocenters. The maximum Gasteiger partial charge on any atom is 0.263 e.